The summed E-state index contributed by atoms with van der Waals surface area (Å²) in [5.74, 6) is -1.09. The van der Waals surface area contributed by atoms with Crippen LogP contribution in [-0.2, 0) is 16.0 Å². The number of rotatable bonds is 4. The molecule has 0 saturated carbocycles. The van der Waals surface area contributed by atoms with Crippen LogP contribution in [0.2, 0.25) is 0 Å². The van der Waals surface area contributed by atoms with E-state index in [-0.39, 0.29) is 27.7 Å². The smallest absolute Gasteiger partial charge is 0.397 e. The number of halogens is 3. The van der Waals surface area contributed by atoms with Crippen molar-refractivity contribution in [1.29, 1.82) is 0 Å². The van der Waals surface area contributed by atoms with Gasteiger partial charge in [-0.2, -0.15) is 13.2 Å². The van der Waals surface area contributed by atoms with Crippen molar-refractivity contribution in [3.05, 3.63) is 42.0 Å². The van der Waals surface area contributed by atoms with E-state index < -0.39 is 27.6 Å². The van der Waals surface area contributed by atoms with E-state index in [2.05, 4.69) is 9.97 Å². The topological polar surface area (TPSA) is 106 Å². The maximum atomic E-state index is 12.7. The molecule has 2 N–H and O–H groups in total. The Bertz CT molecular complexity index is 945. The van der Waals surface area contributed by atoms with Crippen LogP contribution in [0.5, 0.6) is 0 Å². The Kier molecular flexibility index (Phi) is 5.21. The summed E-state index contributed by atoms with van der Waals surface area (Å²) in [4.78, 5) is 20.4. The predicted octanol–water partition coefficient (Wildman–Crippen LogP) is 2.15. The minimum absolute atomic E-state index is 0.103. The molecule has 140 valence electrons. The summed E-state index contributed by atoms with van der Waals surface area (Å²) in [6.07, 6.45) is -2.64. The van der Waals surface area contributed by atoms with E-state index in [1.165, 1.54) is 32.3 Å². The number of carbonyl (C=O) groups excluding carboxylic acids is 1. The van der Waals surface area contributed by atoms with Gasteiger partial charge in [-0.1, -0.05) is 6.92 Å². The summed E-state index contributed by atoms with van der Waals surface area (Å²) in [6.45, 7) is 1.41. The van der Waals surface area contributed by atoms with Gasteiger partial charge in [-0.05, 0) is 18.2 Å². The number of nitrogens with two attached hydrogens (primary N) is 1. The zero-order chi connectivity index (χ0) is 19.7. The number of amides is 1. The average molecular weight is 388 g/mol. The Labute approximate surface area is 147 Å². The molecule has 0 aromatic carbocycles. The summed E-state index contributed by atoms with van der Waals surface area (Å²) in [6, 6.07) is 3.20. The molecule has 0 unspecified atom stereocenters. The highest BCUT2D eigenvalue weighted by Gasteiger charge is 2.33. The van der Waals surface area contributed by atoms with Crippen LogP contribution in [0, 0.1) is 0 Å². The Morgan fingerprint density at radius 3 is 2.50 bits per heavy atom. The van der Waals surface area contributed by atoms with Crippen molar-refractivity contribution >= 4 is 27.1 Å². The molecule has 2 aromatic heterocycles. The number of sulfone groups is 1. The lowest BCUT2D eigenvalue weighted by Gasteiger charge is -2.20. The molecule has 2 heterocycles. The average Bonchev–Trinajstić information content (AvgIpc) is 2.59. The Balaban J connectivity index is 2.47. The summed E-state index contributed by atoms with van der Waals surface area (Å²) in [5.41, 5.74) is 3.62. The molecule has 0 spiro atoms. The number of pyridine rings is 2. The molecule has 26 heavy (non-hydrogen) atoms. The molecule has 7 nitrogen and oxygen atoms in total. The van der Waals surface area contributed by atoms with Crippen LogP contribution >= 0.6 is 0 Å². The molecular weight excluding hydrogens is 373 g/mol. The standard InChI is InChI=1S/C15H15F3N4O3S/c1-3-26(24,25)11-5-4-6-20-13(11)14(23)22(2)10-8-21-12(7-9(10)19)15(16,17)18/h4-8H,3H2,1-2H3,(H2,19,21). The summed E-state index contributed by atoms with van der Waals surface area (Å²) in [5, 5.41) is 0. The first-order valence-corrected chi connectivity index (χ1v) is 8.92. The van der Waals surface area contributed by atoms with Crippen molar-refractivity contribution in [3.8, 4) is 0 Å². The van der Waals surface area contributed by atoms with Crippen molar-refractivity contribution in [2.24, 2.45) is 0 Å². The van der Waals surface area contributed by atoms with Crippen LogP contribution in [0.3, 0.4) is 0 Å². The molecule has 1 amide bonds. The van der Waals surface area contributed by atoms with Gasteiger partial charge < -0.3 is 10.6 Å². The van der Waals surface area contributed by atoms with Crippen LogP contribution in [0.15, 0.2) is 35.5 Å². The van der Waals surface area contributed by atoms with Crippen LogP contribution in [-0.4, -0.2) is 37.1 Å². The van der Waals surface area contributed by atoms with E-state index in [0.29, 0.717) is 6.07 Å². The molecule has 2 rings (SSSR count). The van der Waals surface area contributed by atoms with Gasteiger partial charge in [-0.15, -0.1) is 0 Å². The highest BCUT2D eigenvalue weighted by Crippen LogP contribution is 2.32. The van der Waals surface area contributed by atoms with Crippen molar-refractivity contribution in [2.45, 2.75) is 18.0 Å². The molecule has 0 aliphatic carbocycles. The molecule has 0 bridgehead atoms. The van der Waals surface area contributed by atoms with E-state index >= 15 is 0 Å². The molecule has 0 fully saturated rings. The fraction of sp³-hybridized carbons (Fsp3) is 0.267. The van der Waals surface area contributed by atoms with E-state index in [4.69, 9.17) is 5.73 Å². The van der Waals surface area contributed by atoms with Crippen molar-refractivity contribution in [1.82, 2.24) is 9.97 Å². The van der Waals surface area contributed by atoms with Gasteiger partial charge in [0.1, 0.15) is 11.4 Å². The molecule has 2 aromatic rings. The molecule has 0 aliphatic heterocycles. The Hall–Kier alpha value is -2.69. The second-order valence-corrected chi connectivity index (χ2v) is 7.49. The monoisotopic (exact) mass is 388 g/mol. The lowest BCUT2D eigenvalue weighted by atomic mass is 10.2. The fourth-order valence-corrected chi connectivity index (χ4v) is 3.16. The predicted molar refractivity (Wildman–Crippen MR) is 88.3 cm³/mol. The SMILES string of the molecule is CCS(=O)(=O)c1cccnc1C(=O)N(C)c1cnc(C(F)(F)F)cc1N. The second kappa shape index (κ2) is 6.90. The second-order valence-electron chi connectivity index (χ2n) is 5.24. The zero-order valence-electron chi connectivity index (χ0n) is 13.8. The Morgan fingerprint density at radius 2 is 1.96 bits per heavy atom. The van der Waals surface area contributed by atoms with Crippen LogP contribution in [0.4, 0.5) is 24.5 Å². The van der Waals surface area contributed by atoms with Crippen LogP contribution in [0.1, 0.15) is 23.1 Å². The highest BCUT2D eigenvalue weighted by atomic mass is 32.2. The van der Waals surface area contributed by atoms with Gasteiger partial charge in [0.25, 0.3) is 5.91 Å². The number of carbonyl (C=O) groups is 1. The number of nitrogen functional groups attached to an aromatic ring is 1. The number of anilines is 2. The fourth-order valence-electron chi connectivity index (χ4n) is 2.12. The quantitative estimate of drug-likeness (QED) is 0.860. The van der Waals surface area contributed by atoms with Crippen LogP contribution < -0.4 is 10.6 Å². The van der Waals surface area contributed by atoms with E-state index in [1.54, 1.807) is 0 Å². The van der Waals surface area contributed by atoms with Gasteiger partial charge >= 0.3 is 6.18 Å². The maximum Gasteiger partial charge on any atom is 0.433 e. The molecule has 0 aliphatic rings. The third kappa shape index (κ3) is 3.77. The largest absolute Gasteiger partial charge is 0.433 e. The zero-order valence-corrected chi connectivity index (χ0v) is 14.6. The van der Waals surface area contributed by atoms with Crippen molar-refractivity contribution in [3.63, 3.8) is 0 Å². The van der Waals surface area contributed by atoms with Gasteiger partial charge in [0, 0.05) is 13.2 Å². The summed E-state index contributed by atoms with van der Waals surface area (Å²) < 4.78 is 62.3. The van der Waals surface area contributed by atoms with E-state index in [0.717, 1.165) is 11.1 Å². The highest BCUT2D eigenvalue weighted by molar-refractivity contribution is 7.91. The van der Waals surface area contributed by atoms with E-state index in [1.807, 2.05) is 0 Å². The minimum atomic E-state index is -4.68. The maximum absolute atomic E-state index is 12.7. The first-order valence-electron chi connectivity index (χ1n) is 7.27. The van der Waals surface area contributed by atoms with Gasteiger partial charge in [0.2, 0.25) is 0 Å². The minimum Gasteiger partial charge on any atom is -0.397 e. The number of alkyl halides is 3. The first-order chi connectivity index (χ1) is 12.0. The van der Waals surface area contributed by atoms with Crippen molar-refractivity contribution < 1.29 is 26.4 Å². The summed E-state index contributed by atoms with van der Waals surface area (Å²) in [7, 11) is -2.50. The van der Waals surface area contributed by atoms with E-state index in [9.17, 15) is 26.4 Å². The van der Waals surface area contributed by atoms with Gasteiger partial charge in [-0.3, -0.25) is 4.79 Å². The number of aromatic nitrogens is 2. The van der Waals surface area contributed by atoms with Gasteiger partial charge in [-0.25, -0.2) is 18.4 Å². The lowest BCUT2D eigenvalue weighted by Crippen LogP contribution is -2.30. The normalized spacial score (nSPS) is 12.0. The number of hydrogen-bond donors (Lipinski definition) is 1. The van der Waals surface area contributed by atoms with Gasteiger partial charge in [0.15, 0.2) is 9.84 Å². The molecule has 0 saturated heterocycles. The molecule has 0 radical (unpaired) electrons. The molecule has 0 atom stereocenters. The number of nitrogens with zero attached hydrogens (tertiary/aromatic N) is 3. The summed E-state index contributed by atoms with van der Waals surface area (Å²) >= 11 is 0. The number of hydrogen-bond acceptors (Lipinski definition) is 6. The molecule has 11 heteroatoms. The Morgan fingerprint density at radius 1 is 1.31 bits per heavy atom. The first kappa shape index (κ1) is 19.6. The third-order valence-electron chi connectivity index (χ3n) is 3.56. The van der Waals surface area contributed by atoms with Crippen LogP contribution in [0.25, 0.3) is 0 Å². The molecular formula is C15H15F3N4O3S. The lowest BCUT2D eigenvalue weighted by molar-refractivity contribution is -0.141. The van der Waals surface area contributed by atoms with Gasteiger partial charge in [0.05, 0.1) is 28.2 Å². The third-order valence-corrected chi connectivity index (χ3v) is 5.32. The van der Waals surface area contributed by atoms with Crippen molar-refractivity contribution in [2.75, 3.05) is 23.4 Å².